The molecule has 1 aliphatic heterocycles. The second kappa shape index (κ2) is 8.43. The molecule has 5 rings (SSSR count). The summed E-state index contributed by atoms with van der Waals surface area (Å²) in [5.41, 5.74) is 0.917. The lowest BCUT2D eigenvalue weighted by atomic mass is 9.93. The molecule has 1 aliphatic carbocycles. The van der Waals surface area contributed by atoms with E-state index in [0.717, 1.165) is 68.7 Å². The topological polar surface area (TPSA) is 90.2 Å². The molecule has 4 heterocycles. The van der Waals surface area contributed by atoms with Crippen LogP contribution in [0.2, 0.25) is 0 Å². The number of morpholine rings is 1. The molecule has 0 radical (unpaired) electrons. The predicted octanol–water partition coefficient (Wildman–Crippen LogP) is 2.66. The molecule has 158 valence electrons. The molecule has 0 spiro atoms. The first kappa shape index (κ1) is 19.0. The van der Waals surface area contributed by atoms with Crippen molar-refractivity contribution >= 4 is 22.7 Å². The smallest absolute Gasteiger partial charge is 0.241 e. The number of aromatic nitrogens is 5. The SMILES string of the molecule is CNc1ncn(C2CCC(Oc3nc(N4CCOCC4)cc4ncccc34)CC2)n1. The van der Waals surface area contributed by atoms with Crippen LogP contribution in [0.15, 0.2) is 30.7 Å². The Morgan fingerprint density at radius 2 is 1.97 bits per heavy atom. The number of anilines is 2. The Balaban J connectivity index is 1.32. The number of rotatable bonds is 5. The van der Waals surface area contributed by atoms with Crippen LogP contribution in [0, 0.1) is 0 Å². The Morgan fingerprint density at radius 3 is 2.73 bits per heavy atom. The van der Waals surface area contributed by atoms with Gasteiger partial charge in [0.05, 0.1) is 30.2 Å². The van der Waals surface area contributed by atoms with E-state index in [1.54, 1.807) is 0 Å². The van der Waals surface area contributed by atoms with E-state index in [4.69, 9.17) is 14.5 Å². The maximum atomic E-state index is 6.44. The molecule has 9 heteroatoms. The molecule has 1 saturated heterocycles. The van der Waals surface area contributed by atoms with E-state index in [0.29, 0.717) is 17.9 Å². The van der Waals surface area contributed by atoms with Gasteiger partial charge in [0, 0.05) is 32.4 Å². The largest absolute Gasteiger partial charge is 0.474 e. The van der Waals surface area contributed by atoms with Crippen molar-refractivity contribution in [3.05, 3.63) is 30.7 Å². The maximum Gasteiger partial charge on any atom is 0.241 e. The van der Waals surface area contributed by atoms with Gasteiger partial charge in [0.2, 0.25) is 11.8 Å². The van der Waals surface area contributed by atoms with Gasteiger partial charge < -0.3 is 19.7 Å². The van der Waals surface area contributed by atoms with E-state index in [1.165, 1.54) is 0 Å². The van der Waals surface area contributed by atoms with Crippen molar-refractivity contribution in [3.63, 3.8) is 0 Å². The standard InChI is InChI=1S/C21H27N7O2/c1-22-21-24-14-28(26-21)15-4-6-16(7-5-15)30-20-17-3-2-8-23-18(17)13-19(25-20)27-9-11-29-12-10-27/h2-3,8,13-16H,4-7,9-12H2,1H3,(H,22,26). The molecule has 3 aromatic rings. The van der Waals surface area contributed by atoms with E-state index in [9.17, 15) is 0 Å². The zero-order chi connectivity index (χ0) is 20.3. The molecule has 0 amide bonds. The summed E-state index contributed by atoms with van der Waals surface area (Å²) in [5, 5.41) is 8.43. The van der Waals surface area contributed by atoms with Crippen molar-refractivity contribution in [2.75, 3.05) is 43.6 Å². The molecular weight excluding hydrogens is 382 g/mol. The van der Waals surface area contributed by atoms with E-state index >= 15 is 0 Å². The number of pyridine rings is 2. The summed E-state index contributed by atoms with van der Waals surface area (Å²) in [6, 6.07) is 6.39. The average Bonchev–Trinajstić information content (AvgIpc) is 3.29. The van der Waals surface area contributed by atoms with Gasteiger partial charge in [-0.25, -0.2) is 9.67 Å². The van der Waals surface area contributed by atoms with Gasteiger partial charge in [0.1, 0.15) is 18.2 Å². The van der Waals surface area contributed by atoms with Gasteiger partial charge in [-0.2, -0.15) is 4.98 Å². The van der Waals surface area contributed by atoms with Crippen LogP contribution in [0.5, 0.6) is 5.88 Å². The van der Waals surface area contributed by atoms with Crippen molar-refractivity contribution in [1.29, 1.82) is 0 Å². The summed E-state index contributed by atoms with van der Waals surface area (Å²) in [5.74, 6) is 2.26. The van der Waals surface area contributed by atoms with Crippen molar-refractivity contribution in [2.24, 2.45) is 0 Å². The van der Waals surface area contributed by atoms with Gasteiger partial charge >= 0.3 is 0 Å². The highest BCUT2D eigenvalue weighted by Crippen LogP contribution is 2.33. The van der Waals surface area contributed by atoms with Crippen LogP contribution in [0.4, 0.5) is 11.8 Å². The summed E-state index contributed by atoms with van der Waals surface area (Å²) in [4.78, 5) is 15.9. The van der Waals surface area contributed by atoms with Crippen molar-refractivity contribution < 1.29 is 9.47 Å². The van der Waals surface area contributed by atoms with E-state index in [1.807, 2.05) is 36.4 Å². The monoisotopic (exact) mass is 409 g/mol. The van der Waals surface area contributed by atoms with Gasteiger partial charge in [0.25, 0.3) is 0 Å². The number of hydrogen-bond donors (Lipinski definition) is 1. The molecule has 9 nitrogen and oxygen atoms in total. The van der Waals surface area contributed by atoms with Crippen molar-refractivity contribution in [1.82, 2.24) is 24.7 Å². The number of hydrogen-bond acceptors (Lipinski definition) is 8. The van der Waals surface area contributed by atoms with Gasteiger partial charge in [-0.3, -0.25) is 4.98 Å². The lowest BCUT2D eigenvalue weighted by molar-refractivity contribution is 0.120. The van der Waals surface area contributed by atoms with Crippen LogP contribution in [-0.2, 0) is 4.74 Å². The Kier molecular flexibility index (Phi) is 5.35. The first-order valence-corrected chi connectivity index (χ1v) is 10.6. The second-order valence-electron chi connectivity index (χ2n) is 7.80. The lowest BCUT2D eigenvalue weighted by Crippen LogP contribution is -2.36. The molecule has 0 bridgehead atoms. The van der Waals surface area contributed by atoms with Crippen molar-refractivity contribution in [3.8, 4) is 5.88 Å². The van der Waals surface area contributed by atoms with Gasteiger partial charge in [-0.15, -0.1) is 5.10 Å². The first-order chi connectivity index (χ1) is 14.8. The van der Waals surface area contributed by atoms with E-state index < -0.39 is 0 Å². The van der Waals surface area contributed by atoms with Crippen LogP contribution in [0.1, 0.15) is 31.7 Å². The van der Waals surface area contributed by atoms with Gasteiger partial charge in [0.15, 0.2) is 0 Å². The molecular formula is C21H27N7O2. The minimum absolute atomic E-state index is 0.143. The Bertz CT molecular complexity index is 994. The summed E-state index contributed by atoms with van der Waals surface area (Å²) in [6.07, 6.45) is 7.72. The lowest BCUT2D eigenvalue weighted by Gasteiger charge is -2.30. The predicted molar refractivity (Wildman–Crippen MR) is 114 cm³/mol. The third kappa shape index (κ3) is 3.89. The van der Waals surface area contributed by atoms with Crippen LogP contribution >= 0.6 is 0 Å². The third-order valence-corrected chi connectivity index (χ3v) is 5.91. The quantitative estimate of drug-likeness (QED) is 0.688. The number of ether oxygens (including phenoxy) is 2. The average molecular weight is 409 g/mol. The van der Waals surface area contributed by atoms with Crippen LogP contribution in [0.3, 0.4) is 0 Å². The first-order valence-electron chi connectivity index (χ1n) is 10.6. The zero-order valence-corrected chi connectivity index (χ0v) is 17.2. The zero-order valence-electron chi connectivity index (χ0n) is 17.2. The summed E-state index contributed by atoms with van der Waals surface area (Å²) in [6.45, 7) is 3.12. The molecule has 2 fully saturated rings. The minimum Gasteiger partial charge on any atom is -0.474 e. The fourth-order valence-corrected chi connectivity index (χ4v) is 4.23. The molecule has 30 heavy (non-hydrogen) atoms. The maximum absolute atomic E-state index is 6.44. The number of fused-ring (bicyclic) bond motifs is 1. The summed E-state index contributed by atoms with van der Waals surface area (Å²) < 4.78 is 13.9. The van der Waals surface area contributed by atoms with Crippen LogP contribution < -0.4 is 15.0 Å². The van der Waals surface area contributed by atoms with E-state index in [2.05, 4.69) is 31.3 Å². The van der Waals surface area contributed by atoms with Crippen LogP contribution in [0.25, 0.3) is 10.9 Å². The molecule has 3 aromatic heterocycles. The normalized spacial score (nSPS) is 22.2. The van der Waals surface area contributed by atoms with Gasteiger partial charge in [-0.1, -0.05) is 0 Å². The summed E-state index contributed by atoms with van der Waals surface area (Å²) >= 11 is 0. The molecule has 1 N–H and O–H groups in total. The highest BCUT2D eigenvalue weighted by molar-refractivity contribution is 5.85. The molecule has 0 aromatic carbocycles. The molecule has 1 saturated carbocycles. The minimum atomic E-state index is 0.143. The van der Waals surface area contributed by atoms with Crippen molar-refractivity contribution in [2.45, 2.75) is 37.8 Å². The number of nitrogens with zero attached hydrogens (tertiary/aromatic N) is 6. The Labute approximate surface area is 175 Å². The Hall–Kier alpha value is -2.94. The fraction of sp³-hybridized carbons (Fsp3) is 0.524. The molecule has 0 atom stereocenters. The van der Waals surface area contributed by atoms with Crippen LogP contribution in [-0.4, -0.2) is 64.2 Å². The Morgan fingerprint density at radius 1 is 1.13 bits per heavy atom. The molecule has 2 aliphatic rings. The second-order valence-corrected chi connectivity index (χ2v) is 7.80. The van der Waals surface area contributed by atoms with E-state index in [-0.39, 0.29) is 6.10 Å². The number of nitrogens with one attached hydrogen (secondary N) is 1. The van der Waals surface area contributed by atoms with Gasteiger partial charge in [-0.05, 0) is 37.8 Å². The highest BCUT2D eigenvalue weighted by Gasteiger charge is 2.26. The summed E-state index contributed by atoms with van der Waals surface area (Å²) in [7, 11) is 1.83. The fourth-order valence-electron chi connectivity index (χ4n) is 4.23. The third-order valence-electron chi connectivity index (χ3n) is 5.91. The molecule has 0 unspecified atom stereocenters. The highest BCUT2D eigenvalue weighted by atomic mass is 16.5.